The Labute approximate surface area is 143 Å². The van der Waals surface area contributed by atoms with E-state index in [4.69, 9.17) is 4.74 Å². The van der Waals surface area contributed by atoms with Gasteiger partial charge in [-0.2, -0.15) is 5.26 Å². The molecule has 0 aliphatic carbocycles. The summed E-state index contributed by atoms with van der Waals surface area (Å²) in [6, 6.07) is 12.8. The highest BCUT2D eigenvalue weighted by molar-refractivity contribution is 6.05. The number of carbonyl (C=O) groups excluding carboxylic acids is 1. The third-order valence-corrected chi connectivity index (χ3v) is 3.80. The minimum atomic E-state index is -0.620. The fourth-order valence-corrected chi connectivity index (χ4v) is 2.73. The van der Waals surface area contributed by atoms with E-state index < -0.39 is 11.5 Å². The smallest absolute Gasteiger partial charge is 0.340 e. The second kappa shape index (κ2) is 6.49. The molecule has 0 amide bonds. The highest BCUT2D eigenvalue weighted by atomic mass is 16.5. The number of nitrogens with zero attached hydrogens (tertiary/aromatic N) is 2. The lowest BCUT2D eigenvalue weighted by Crippen LogP contribution is -2.22. The molecule has 0 aliphatic rings. The Kier molecular flexibility index (Phi) is 4.23. The summed E-state index contributed by atoms with van der Waals surface area (Å²) in [5.41, 5.74) is 0.502. The summed E-state index contributed by atoms with van der Waals surface area (Å²) in [6.45, 7) is 1.84. The molecule has 6 heteroatoms. The number of pyridine rings is 2. The summed E-state index contributed by atoms with van der Waals surface area (Å²) >= 11 is 0. The van der Waals surface area contributed by atoms with Crippen LogP contribution in [0.5, 0.6) is 5.75 Å². The topological polar surface area (TPSA) is 91.8 Å². The molecule has 0 radical (unpaired) electrons. The molecular formula is C19H14N2O4. The highest BCUT2D eigenvalue weighted by Crippen LogP contribution is 2.30. The first-order chi connectivity index (χ1) is 12.1. The number of hydrogen-bond acceptors (Lipinski definition) is 5. The Morgan fingerprint density at radius 2 is 1.96 bits per heavy atom. The van der Waals surface area contributed by atoms with Crippen LogP contribution in [0, 0.1) is 11.3 Å². The summed E-state index contributed by atoms with van der Waals surface area (Å²) < 4.78 is 6.41. The van der Waals surface area contributed by atoms with Crippen LogP contribution < -0.4 is 5.56 Å². The Hall–Kier alpha value is -3.59. The van der Waals surface area contributed by atoms with Gasteiger partial charge < -0.3 is 9.84 Å². The Balaban J connectivity index is 2.50. The number of phenols is 1. The van der Waals surface area contributed by atoms with E-state index in [0.717, 1.165) is 0 Å². The molecule has 2 heterocycles. The highest BCUT2D eigenvalue weighted by Gasteiger charge is 2.24. The van der Waals surface area contributed by atoms with E-state index >= 15 is 0 Å². The fraction of sp³-hybridized carbons (Fsp3) is 0.105. The van der Waals surface area contributed by atoms with Crippen LogP contribution in [0.4, 0.5) is 0 Å². The maximum Gasteiger partial charge on any atom is 0.340 e. The van der Waals surface area contributed by atoms with Gasteiger partial charge in [-0.3, -0.25) is 9.20 Å². The zero-order valence-corrected chi connectivity index (χ0v) is 13.4. The molecule has 0 saturated carbocycles. The van der Waals surface area contributed by atoms with Crippen LogP contribution in [0.2, 0.25) is 0 Å². The van der Waals surface area contributed by atoms with E-state index in [0.29, 0.717) is 11.1 Å². The first kappa shape index (κ1) is 16.3. The van der Waals surface area contributed by atoms with Crippen molar-refractivity contribution in [3.8, 4) is 22.9 Å². The standard InChI is InChI=1S/C19H14N2O4/c1-2-25-19(24)17-15-5-3-4-10-21(15)18(23)14(11-20)16(17)12-6-8-13(22)9-7-12/h3-10,22H,2H2,1H3. The second-order valence-electron chi connectivity index (χ2n) is 5.27. The van der Waals surface area contributed by atoms with Crippen LogP contribution in [-0.2, 0) is 4.74 Å². The maximum atomic E-state index is 12.7. The monoisotopic (exact) mass is 334 g/mol. The van der Waals surface area contributed by atoms with Crippen molar-refractivity contribution in [2.75, 3.05) is 6.61 Å². The summed E-state index contributed by atoms with van der Waals surface area (Å²) in [4.78, 5) is 25.3. The number of ether oxygens (including phenoxy) is 1. The molecule has 3 aromatic rings. The van der Waals surface area contributed by atoms with Crippen molar-refractivity contribution in [2.45, 2.75) is 6.92 Å². The molecule has 0 fully saturated rings. The fourth-order valence-electron chi connectivity index (χ4n) is 2.73. The van der Waals surface area contributed by atoms with Crippen LogP contribution in [0.15, 0.2) is 53.5 Å². The van der Waals surface area contributed by atoms with Gasteiger partial charge in [-0.25, -0.2) is 4.79 Å². The van der Waals surface area contributed by atoms with Crippen LogP contribution in [0.3, 0.4) is 0 Å². The summed E-state index contributed by atoms with van der Waals surface area (Å²) in [5, 5.41) is 19.0. The molecule has 0 bridgehead atoms. The van der Waals surface area contributed by atoms with Crippen LogP contribution >= 0.6 is 0 Å². The largest absolute Gasteiger partial charge is 0.508 e. The van der Waals surface area contributed by atoms with Gasteiger partial charge in [-0.15, -0.1) is 0 Å². The molecular weight excluding hydrogens is 320 g/mol. The number of aromatic hydroxyl groups is 1. The molecule has 6 nitrogen and oxygen atoms in total. The van der Waals surface area contributed by atoms with Crippen LogP contribution in [0.25, 0.3) is 16.6 Å². The van der Waals surface area contributed by atoms with Gasteiger partial charge in [0.25, 0.3) is 5.56 Å². The van der Waals surface area contributed by atoms with Gasteiger partial charge in [0.05, 0.1) is 17.7 Å². The first-order valence-electron chi connectivity index (χ1n) is 7.62. The molecule has 0 unspecified atom stereocenters. The number of aromatic nitrogens is 1. The Morgan fingerprint density at radius 1 is 1.24 bits per heavy atom. The molecule has 0 atom stereocenters. The van der Waals surface area contributed by atoms with Crippen molar-refractivity contribution in [1.82, 2.24) is 4.40 Å². The molecule has 0 spiro atoms. The third-order valence-electron chi connectivity index (χ3n) is 3.80. The predicted octanol–water partition coefficient (Wildman–Crippen LogP) is 2.72. The number of hydrogen-bond donors (Lipinski definition) is 1. The first-order valence-corrected chi connectivity index (χ1v) is 7.62. The van der Waals surface area contributed by atoms with Crippen molar-refractivity contribution in [1.29, 1.82) is 5.26 Å². The van der Waals surface area contributed by atoms with Crippen molar-refractivity contribution < 1.29 is 14.6 Å². The molecule has 0 aliphatic heterocycles. The maximum absolute atomic E-state index is 12.7. The van der Waals surface area contributed by atoms with E-state index in [1.807, 2.05) is 6.07 Å². The molecule has 1 N–H and O–H groups in total. The summed E-state index contributed by atoms with van der Waals surface area (Å²) in [6.07, 6.45) is 1.50. The average Bonchev–Trinajstić information content (AvgIpc) is 2.62. The molecule has 2 aromatic heterocycles. The molecule has 124 valence electrons. The van der Waals surface area contributed by atoms with Crippen molar-refractivity contribution >= 4 is 11.5 Å². The Bertz CT molecular complexity index is 1060. The number of nitriles is 1. The lowest BCUT2D eigenvalue weighted by molar-refractivity contribution is 0.0529. The lowest BCUT2D eigenvalue weighted by Gasteiger charge is -2.14. The zero-order valence-electron chi connectivity index (χ0n) is 13.4. The number of carbonyl (C=O) groups is 1. The zero-order chi connectivity index (χ0) is 18.0. The van der Waals surface area contributed by atoms with Gasteiger partial charge in [0.1, 0.15) is 17.4 Å². The van der Waals surface area contributed by atoms with Gasteiger partial charge in [-0.05, 0) is 36.8 Å². The van der Waals surface area contributed by atoms with Gasteiger partial charge in [0.2, 0.25) is 0 Å². The normalized spacial score (nSPS) is 10.4. The molecule has 0 saturated heterocycles. The van der Waals surface area contributed by atoms with Gasteiger partial charge >= 0.3 is 5.97 Å². The van der Waals surface area contributed by atoms with Gasteiger partial charge in [0.15, 0.2) is 0 Å². The number of benzene rings is 1. The molecule has 25 heavy (non-hydrogen) atoms. The Morgan fingerprint density at radius 3 is 2.60 bits per heavy atom. The summed E-state index contributed by atoms with van der Waals surface area (Å²) in [7, 11) is 0. The average molecular weight is 334 g/mol. The predicted molar refractivity (Wildman–Crippen MR) is 91.4 cm³/mol. The van der Waals surface area contributed by atoms with E-state index in [9.17, 15) is 20.0 Å². The number of rotatable bonds is 3. The van der Waals surface area contributed by atoms with E-state index in [2.05, 4.69) is 0 Å². The van der Waals surface area contributed by atoms with E-state index in [1.54, 1.807) is 37.3 Å². The number of esters is 1. The minimum Gasteiger partial charge on any atom is -0.508 e. The number of phenolic OH excluding ortho intramolecular Hbond substituents is 1. The van der Waals surface area contributed by atoms with Crippen molar-refractivity contribution in [3.63, 3.8) is 0 Å². The van der Waals surface area contributed by atoms with E-state index in [-0.39, 0.29) is 29.0 Å². The molecule has 3 rings (SSSR count). The van der Waals surface area contributed by atoms with Crippen molar-refractivity contribution in [3.05, 3.63) is 70.1 Å². The van der Waals surface area contributed by atoms with Crippen LogP contribution in [0.1, 0.15) is 22.8 Å². The second-order valence-corrected chi connectivity index (χ2v) is 5.27. The van der Waals surface area contributed by atoms with Gasteiger partial charge in [-0.1, -0.05) is 18.2 Å². The summed E-state index contributed by atoms with van der Waals surface area (Å²) in [5.74, 6) is -0.580. The lowest BCUT2D eigenvalue weighted by atomic mass is 9.95. The SMILES string of the molecule is CCOC(=O)c1c(-c2ccc(O)cc2)c(C#N)c(=O)n2ccccc12. The van der Waals surface area contributed by atoms with Crippen LogP contribution in [-0.4, -0.2) is 22.1 Å². The molecule has 1 aromatic carbocycles. The quantitative estimate of drug-likeness (QED) is 0.744. The van der Waals surface area contributed by atoms with E-state index in [1.165, 1.54) is 22.7 Å². The third kappa shape index (κ3) is 2.72. The van der Waals surface area contributed by atoms with Gasteiger partial charge in [0, 0.05) is 11.8 Å². The number of fused-ring (bicyclic) bond motifs is 1. The van der Waals surface area contributed by atoms with Crippen molar-refractivity contribution in [2.24, 2.45) is 0 Å². The minimum absolute atomic E-state index is 0.0393.